The lowest BCUT2D eigenvalue weighted by Gasteiger charge is -2.38. The molecule has 0 aliphatic carbocycles. The lowest BCUT2D eigenvalue weighted by atomic mass is 9.91. The summed E-state index contributed by atoms with van der Waals surface area (Å²) < 4.78 is 42.0. The summed E-state index contributed by atoms with van der Waals surface area (Å²) in [6.45, 7) is 4.48. The first kappa shape index (κ1) is 28.2. The van der Waals surface area contributed by atoms with Crippen molar-refractivity contribution in [3.05, 3.63) is 82.6 Å². The van der Waals surface area contributed by atoms with Crippen LogP contribution in [0.5, 0.6) is 0 Å². The SMILES string of the molecule is CCN1C(=O)NC(c2ccccc2C(F)(F)F)C2=C1CN(C(C(=O)N1CCN(C(C)=O)CC1)c1ccccc1)C2=O. The lowest BCUT2D eigenvalue weighted by molar-refractivity contribution is -0.146. The number of carbonyl (C=O) groups is 4. The number of hydrogen-bond donors (Lipinski definition) is 1. The van der Waals surface area contributed by atoms with Gasteiger partial charge in [-0.3, -0.25) is 19.3 Å². The molecule has 2 aromatic rings. The summed E-state index contributed by atoms with van der Waals surface area (Å²) in [5, 5.41) is 2.60. The van der Waals surface area contributed by atoms with E-state index in [1.807, 2.05) is 0 Å². The van der Waals surface area contributed by atoms with E-state index in [9.17, 15) is 32.3 Å². The van der Waals surface area contributed by atoms with Crippen LogP contribution in [0.15, 0.2) is 65.9 Å². The number of halogens is 3. The maximum absolute atomic E-state index is 14.2. The third-order valence-corrected chi connectivity index (χ3v) is 7.84. The second-order valence-electron chi connectivity index (χ2n) is 10.1. The van der Waals surface area contributed by atoms with Gasteiger partial charge in [-0.05, 0) is 24.1 Å². The molecular weight excluding hydrogens is 539 g/mol. The van der Waals surface area contributed by atoms with E-state index in [0.29, 0.717) is 18.7 Å². The minimum Gasteiger partial charge on any atom is -0.339 e. The van der Waals surface area contributed by atoms with E-state index < -0.39 is 35.8 Å². The Morgan fingerprint density at radius 2 is 1.56 bits per heavy atom. The lowest BCUT2D eigenvalue weighted by Crippen LogP contribution is -2.53. The van der Waals surface area contributed by atoms with Crippen molar-refractivity contribution in [1.82, 2.24) is 24.9 Å². The number of carbonyl (C=O) groups excluding carboxylic acids is 4. The summed E-state index contributed by atoms with van der Waals surface area (Å²) in [6, 6.07) is 10.5. The quantitative estimate of drug-likeness (QED) is 0.598. The standard InChI is InChI=1S/C29H30F3N5O4/c1-3-36-22-17-37(25(19-9-5-4-6-10-19)27(40)35-15-13-34(14-16-35)18(2)38)26(39)23(22)24(33-28(36)41)20-11-7-8-12-21(20)29(30,31)32/h4-12,24-25H,3,13-17H2,1-2H3,(H,33,41). The van der Waals surface area contributed by atoms with Gasteiger partial charge in [-0.2, -0.15) is 13.2 Å². The van der Waals surface area contributed by atoms with Crippen LogP contribution in [-0.2, 0) is 20.6 Å². The van der Waals surface area contributed by atoms with E-state index >= 15 is 0 Å². The molecule has 9 nitrogen and oxygen atoms in total. The van der Waals surface area contributed by atoms with Gasteiger partial charge in [0.05, 0.1) is 29.4 Å². The van der Waals surface area contributed by atoms with Crippen LogP contribution in [0.25, 0.3) is 0 Å². The fraction of sp³-hybridized carbons (Fsp3) is 0.379. The van der Waals surface area contributed by atoms with Crippen LogP contribution in [-0.4, -0.2) is 82.6 Å². The Kier molecular flexibility index (Phi) is 7.50. The first-order valence-electron chi connectivity index (χ1n) is 13.4. The van der Waals surface area contributed by atoms with Crippen molar-refractivity contribution >= 4 is 23.8 Å². The Hall–Kier alpha value is -4.35. The minimum absolute atomic E-state index is 0.0123. The topological polar surface area (TPSA) is 93.3 Å². The molecule has 0 spiro atoms. The highest BCUT2D eigenvalue weighted by molar-refractivity contribution is 6.04. The van der Waals surface area contributed by atoms with E-state index in [-0.39, 0.29) is 54.8 Å². The zero-order valence-corrected chi connectivity index (χ0v) is 22.6. The number of benzene rings is 2. The van der Waals surface area contributed by atoms with Gasteiger partial charge in [-0.25, -0.2) is 4.79 Å². The number of rotatable bonds is 5. The molecule has 1 fully saturated rings. The van der Waals surface area contributed by atoms with Crippen LogP contribution in [0, 0.1) is 0 Å². The van der Waals surface area contributed by atoms with Crippen LogP contribution >= 0.6 is 0 Å². The maximum atomic E-state index is 14.2. The molecule has 3 aliphatic heterocycles. The highest BCUT2D eigenvalue weighted by Crippen LogP contribution is 2.43. The average molecular weight is 570 g/mol. The molecule has 0 aromatic heterocycles. The second kappa shape index (κ2) is 10.9. The largest absolute Gasteiger partial charge is 0.416 e. The number of amides is 5. The molecule has 3 aliphatic rings. The molecule has 1 N–H and O–H groups in total. The van der Waals surface area contributed by atoms with E-state index in [2.05, 4.69) is 5.32 Å². The molecule has 2 unspecified atom stereocenters. The summed E-state index contributed by atoms with van der Waals surface area (Å²) in [5.41, 5.74) is -0.368. The molecule has 2 aromatic carbocycles. The van der Waals surface area contributed by atoms with Crippen LogP contribution in [0.2, 0.25) is 0 Å². The van der Waals surface area contributed by atoms with E-state index in [0.717, 1.165) is 6.07 Å². The summed E-state index contributed by atoms with van der Waals surface area (Å²) in [7, 11) is 0. The van der Waals surface area contributed by atoms with Crippen molar-refractivity contribution in [1.29, 1.82) is 0 Å². The zero-order chi connectivity index (χ0) is 29.5. The third-order valence-electron chi connectivity index (χ3n) is 7.84. The van der Waals surface area contributed by atoms with E-state index in [1.54, 1.807) is 47.1 Å². The molecule has 216 valence electrons. The zero-order valence-electron chi connectivity index (χ0n) is 22.6. The summed E-state index contributed by atoms with van der Waals surface area (Å²) in [4.78, 5) is 59.0. The maximum Gasteiger partial charge on any atom is 0.416 e. The fourth-order valence-corrected chi connectivity index (χ4v) is 5.80. The normalized spacial score (nSPS) is 20.3. The van der Waals surface area contributed by atoms with E-state index in [4.69, 9.17) is 0 Å². The Morgan fingerprint density at radius 1 is 0.951 bits per heavy atom. The van der Waals surface area contributed by atoms with Crippen LogP contribution in [0.3, 0.4) is 0 Å². The Morgan fingerprint density at radius 3 is 2.17 bits per heavy atom. The highest BCUT2D eigenvalue weighted by Gasteiger charge is 2.49. The first-order chi connectivity index (χ1) is 19.5. The van der Waals surface area contributed by atoms with Gasteiger partial charge in [0, 0.05) is 39.6 Å². The molecule has 5 rings (SSSR count). The number of likely N-dealkylation sites (N-methyl/N-ethyl adjacent to an activating group) is 1. The predicted molar refractivity (Wildman–Crippen MR) is 142 cm³/mol. The van der Waals surface area contributed by atoms with Crippen LogP contribution in [0.1, 0.15) is 42.6 Å². The van der Waals surface area contributed by atoms with Crippen molar-refractivity contribution in [2.75, 3.05) is 39.3 Å². The molecule has 1 saturated heterocycles. The number of nitrogens with one attached hydrogen (secondary N) is 1. The van der Waals surface area contributed by atoms with Crippen LogP contribution in [0.4, 0.5) is 18.0 Å². The average Bonchev–Trinajstić information content (AvgIpc) is 3.29. The van der Waals surface area contributed by atoms with Gasteiger partial charge < -0.3 is 20.0 Å². The minimum atomic E-state index is -4.71. The van der Waals surface area contributed by atoms with Crippen molar-refractivity contribution in [3.63, 3.8) is 0 Å². The molecular formula is C29H30F3N5O4. The van der Waals surface area contributed by atoms with Crippen molar-refractivity contribution < 1.29 is 32.3 Å². The smallest absolute Gasteiger partial charge is 0.339 e. The molecule has 0 bridgehead atoms. The Labute approximate surface area is 235 Å². The van der Waals surface area contributed by atoms with Crippen molar-refractivity contribution in [2.24, 2.45) is 0 Å². The highest BCUT2D eigenvalue weighted by atomic mass is 19.4. The predicted octanol–water partition coefficient (Wildman–Crippen LogP) is 3.32. The molecule has 0 radical (unpaired) electrons. The molecule has 3 heterocycles. The molecule has 12 heteroatoms. The summed E-state index contributed by atoms with van der Waals surface area (Å²) in [6.07, 6.45) is -4.71. The Balaban J connectivity index is 1.55. The number of urea groups is 1. The van der Waals surface area contributed by atoms with Crippen LogP contribution < -0.4 is 5.32 Å². The van der Waals surface area contributed by atoms with Gasteiger partial charge in [0.1, 0.15) is 6.04 Å². The first-order valence-corrected chi connectivity index (χ1v) is 13.4. The third kappa shape index (κ3) is 5.14. The van der Waals surface area contributed by atoms with Gasteiger partial charge in [-0.15, -0.1) is 0 Å². The molecule has 41 heavy (non-hydrogen) atoms. The van der Waals surface area contributed by atoms with Gasteiger partial charge in [-0.1, -0.05) is 48.5 Å². The second-order valence-corrected chi connectivity index (χ2v) is 10.1. The number of piperazine rings is 1. The van der Waals surface area contributed by atoms with Gasteiger partial charge in [0.15, 0.2) is 0 Å². The molecule has 2 atom stereocenters. The summed E-state index contributed by atoms with van der Waals surface area (Å²) >= 11 is 0. The van der Waals surface area contributed by atoms with Crippen molar-refractivity contribution in [2.45, 2.75) is 32.1 Å². The van der Waals surface area contributed by atoms with Crippen molar-refractivity contribution in [3.8, 4) is 0 Å². The fourth-order valence-electron chi connectivity index (χ4n) is 5.80. The Bertz CT molecular complexity index is 1400. The number of nitrogens with zero attached hydrogens (tertiary/aromatic N) is 4. The monoisotopic (exact) mass is 569 g/mol. The molecule has 0 saturated carbocycles. The number of alkyl halides is 3. The van der Waals surface area contributed by atoms with Gasteiger partial charge in [0.2, 0.25) is 11.8 Å². The summed E-state index contributed by atoms with van der Waals surface area (Å²) in [5.74, 6) is -1.07. The van der Waals surface area contributed by atoms with E-state index in [1.165, 1.54) is 34.9 Å². The number of hydrogen-bond acceptors (Lipinski definition) is 4. The van der Waals surface area contributed by atoms with Gasteiger partial charge in [0.25, 0.3) is 5.91 Å². The molecule has 5 amide bonds. The van der Waals surface area contributed by atoms with Gasteiger partial charge >= 0.3 is 12.2 Å².